The van der Waals surface area contributed by atoms with Gasteiger partial charge in [0, 0.05) is 44.4 Å². The Bertz CT molecular complexity index is 972. The van der Waals surface area contributed by atoms with Crippen molar-refractivity contribution in [1.29, 1.82) is 0 Å². The van der Waals surface area contributed by atoms with Gasteiger partial charge in [0.05, 0.1) is 12.5 Å². The van der Waals surface area contributed by atoms with Gasteiger partial charge in [-0.05, 0) is 31.4 Å². The Morgan fingerprint density at radius 1 is 1.23 bits per heavy atom. The maximum Gasteiger partial charge on any atom is 0.289 e. The van der Waals surface area contributed by atoms with Crippen LogP contribution in [0.15, 0.2) is 45.9 Å². The van der Waals surface area contributed by atoms with E-state index in [1.165, 1.54) is 6.26 Å². The molecule has 1 saturated heterocycles. The molecular weight excluding hydrogens is 388 g/mol. The highest BCUT2D eigenvalue weighted by atomic mass is 16.5. The van der Waals surface area contributed by atoms with Gasteiger partial charge in [-0.1, -0.05) is 5.16 Å². The van der Waals surface area contributed by atoms with E-state index in [0.717, 1.165) is 12.8 Å². The van der Waals surface area contributed by atoms with Crippen molar-refractivity contribution in [2.45, 2.75) is 31.6 Å². The molecule has 0 aromatic carbocycles. The van der Waals surface area contributed by atoms with Crippen LogP contribution >= 0.6 is 0 Å². The third-order valence-corrected chi connectivity index (χ3v) is 5.01. The predicted octanol–water partition coefficient (Wildman–Crippen LogP) is 2.04. The SMILES string of the molecule is O=C1CCN(C(=O)c2ccco2)CCCC(c2nc(-c3cnccn3)no2)CCN1. The smallest absolute Gasteiger partial charge is 0.289 e. The summed E-state index contributed by atoms with van der Waals surface area (Å²) in [6, 6.07) is 3.30. The molecule has 2 amide bonds. The molecule has 4 heterocycles. The molecule has 3 aromatic rings. The Labute approximate surface area is 172 Å². The van der Waals surface area contributed by atoms with Crippen LogP contribution in [-0.2, 0) is 4.79 Å². The number of furan rings is 1. The summed E-state index contributed by atoms with van der Waals surface area (Å²) in [4.78, 5) is 39.2. The van der Waals surface area contributed by atoms with Gasteiger partial charge in [0.25, 0.3) is 5.91 Å². The van der Waals surface area contributed by atoms with E-state index in [-0.39, 0.29) is 29.9 Å². The molecule has 0 bridgehead atoms. The van der Waals surface area contributed by atoms with Crippen molar-refractivity contribution in [3.63, 3.8) is 0 Å². The standard InChI is InChI=1S/C20H22N6O4/c27-17-6-11-26(20(28)16-4-2-12-29-16)10-1-3-14(5-7-23-17)19-24-18(25-30-19)15-13-21-8-9-22-15/h2,4,8-9,12-14H,1,3,5-7,10-11H2,(H,23,27). The second-order valence-electron chi connectivity index (χ2n) is 7.04. The second kappa shape index (κ2) is 9.29. The number of amides is 2. The summed E-state index contributed by atoms with van der Waals surface area (Å²) >= 11 is 0. The quantitative estimate of drug-likeness (QED) is 0.695. The molecular formula is C20H22N6O4. The van der Waals surface area contributed by atoms with Crippen molar-refractivity contribution < 1.29 is 18.5 Å². The molecule has 1 N–H and O–H groups in total. The van der Waals surface area contributed by atoms with E-state index in [0.29, 0.717) is 43.5 Å². The summed E-state index contributed by atoms with van der Waals surface area (Å²) in [6.07, 6.45) is 8.56. The zero-order chi connectivity index (χ0) is 20.8. The third-order valence-electron chi connectivity index (χ3n) is 5.01. The highest BCUT2D eigenvalue weighted by molar-refractivity contribution is 5.91. The molecule has 1 atom stereocenters. The first-order chi connectivity index (χ1) is 14.7. The minimum absolute atomic E-state index is 0.0399. The molecule has 30 heavy (non-hydrogen) atoms. The van der Waals surface area contributed by atoms with E-state index >= 15 is 0 Å². The molecule has 0 saturated carbocycles. The van der Waals surface area contributed by atoms with Gasteiger partial charge in [0.15, 0.2) is 5.76 Å². The first kappa shape index (κ1) is 19.7. The number of aromatic nitrogens is 4. The molecule has 3 aromatic heterocycles. The molecule has 10 nitrogen and oxygen atoms in total. The van der Waals surface area contributed by atoms with Crippen molar-refractivity contribution in [2.24, 2.45) is 0 Å². The van der Waals surface area contributed by atoms with Crippen LogP contribution < -0.4 is 5.32 Å². The van der Waals surface area contributed by atoms with Gasteiger partial charge in [0.1, 0.15) is 5.69 Å². The van der Waals surface area contributed by atoms with Gasteiger partial charge in [-0.2, -0.15) is 4.98 Å². The maximum atomic E-state index is 12.7. The molecule has 0 spiro atoms. The van der Waals surface area contributed by atoms with Gasteiger partial charge < -0.3 is 19.2 Å². The lowest BCUT2D eigenvalue weighted by Gasteiger charge is -2.21. The lowest BCUT2D eigenvalue weighted by molar-refractivity contribution is -0.121. The molecule has 1 unspecified atom stereocenters. The highest BCUT2D eigenvalue weighted by Gasteiger charge is 2.24. The largest absolute Gasteiger partial charge is 0.459 e. The summed E-state index contributed by atoms with van der Waals surface area (Å²) < 4.78 is 10.7. The fourth-order valence-corrected chi connectivity index (χ4v) is 3.42. The normalized spacial score (nSPS) is 18.5. The van der Waals surface area contributed by atoms with E-state index in [1.54, 1.807) is 35.6 Å². The van der Waals surface area contributed by atoms with Crippen molar-refractivity contribution >= 4 is 11.8 Å². The van der Waals surface area contributed by atoms with Crippen LogP contribution in [0.1, 0.15) is 48.0 Å². The zero-order valence-corrected chi connectivity index (χ0v) is 16.4. The van der Waals surface area contributed by atoms with Crippen LogP contribution in [0.3, 0.4) is 0 Å². The van der Waals surface area contributed by atoms with Crippen molar-refractivity contribution in [3.8, 4) is 11.5 Å². The number of carbonyl (C=O) groups excluding carboxylic acids is 2. The summed E-state index contributed by atoms with van der Waals surface area (Å²) in [5.74, 6) is 0.790. The molecule has 1 fully saturated rings. The Hall–Kier alpha value is -3.56. The van der Waals surface area contributed by atoms with Crippen LogP contribution in [-0.4, -0.2) is 56.5 Å². The number of hydrogen-bond acceptors (Lipinski definition) is 8. The zero-order valence-electron chi connectivity index (χ0n) is 16.4. The highest BCUT2D eigenvalue weighted by Crippen LogP contribution is 2.26. The Morgan fingerprint density at radius 3 is 2.97 bits per heavy atom. The summed E-state index contributed by atoms with van der Waals surface area (Å²) in [6.45, 7) is 1.35. The fraction of sp³-hybridized carbons (Fsp3) is 0.400. The maximum absolute atomic E-state index is 12.7. The van der Waals surface area contributed by atoms with Crippen molar-refractivity contribution in [3.05, 3.63) is 48.6 Å². The van der Waals surface area contributed by atoms with E-state index < -0.39 is 0 Å². The molecule has 156 valence electrons. The number of nitrogens with zero attached hydrogens (tertiary/aromatic N) is 5. The first-order valence-electron chi connectivity index (χ1n) is 9.90. The number of nitrogens with one attached hydrogen (secondary N) is 1. The molecule has 10 heteroatoms. The summed E-state index contributed by atoms with van der Waals surface area (Å²) in [5, 5.41) is 6.92. The van der Waals surface area contributed by atoms with Gasteiger partial charge in [0.2, 0.25) is 17.6 Å². The number of rotatable bonds is 3. The van der Waals surface area contributed by atoms with Crippen LogP contribution in [0.4, 0.5) is 0 Å². The van der Waals surface area contributed by atoms with Crippen LogP contribution in [0, 0.1) is 0 Å². The Kier molecular flexibility index (Phi) is 6.11. The van der Waals surface area contributed by atoms with E-state index in [2.05, 4.69) is 25.4 Å². The lowest BCUT2D eigenvalue weighted by Crippen LogP contribution is -2.35. The van der Waals surface area contributed by atoms with Crippen LogP contribution in [0.5, 0.6) is 0 Å². The van der Waals surface area contributed by atoms with Crippen molar-refractivity contribution in [1.82, 2.24) is 30.3 Å². The molecule has 0 aliphatic carbocycles. The van der Waals surface area contributed by atoms with E-state index in [1.807, 2.05) is 0 Å². The second-order valence-corrected chi connectivity index (χ2v) is 7.04. The summed E-state index contributed by atoms with van der Waals surface area (Å²) in [5.41, 5.74) is 0.535. The lowest BCUT2D eigenvalue weighted by atomic mass is 9.99. The molecule has 1 aliphatic rings. The van der Waals surface area contributed by atoms with Gasteiger partial charge in [-0.15, -0.1) is 0 Å². The first-order valence-corrected chi connectivity index (χ1v) is 9.90. The minimum Gasteiger partial charge on any atom is -0.459 e. The Balaban J connectivity index is 1.47. The molecule has 4 rings (SSSR count). The summed E-state index contributed by atoms with van der Waals surface area (Å²) in [7, 11) is 0. The average Bonchev–Trinajstić information content (AvgIpc) is 3.46. The van der Waals surface area contributed by atoms with Crippen LogP contribution in [0.2, 0.25) is 0 Å². The third kappa shape index (κ3) is 4.70. The van der Waals surface area contributed by atoms with Gasteiger partial charge in [-0.3, -0.25) is 14.6 Å². The van der Waals surface area contributed by atoms with E-state index in [4.69, 9.17) is 8.94 Å². The topological polar surface area (TPSA) is 127 Å². The predicted molar refractivity (Wildman–Crippen MR) is 104 cm³/mol. The Morgan fingerprint density at radius 2 is 2.17 bits per heavy atom. The molecule has 0 radical (unpaired) electrons. The fourth-order valence-electron chi connectivity index (χ4n) is 3.42. The van der Waals surface area contributed by atoms with E-state index in [9.17, 15) is 9.59 Å². The van der Waals surface area contributed by atoms with Gasteiger partial charge >= 0.3 is 0 Å². The van der Waals surface area contributed by atoms with Crippen LogP contribution in [0.25, 0.3) is 11.5 Å². The van der Waals surface area contributed by atoms with Crippen molar-refractivity contribution in [2.75, 3.05) is 19.6 Å². The minimum atomic E-state index is -0.216. The molecule has 1 aliphatic heterocycles. The number of carbonyl (C=O) groups is 2. The monoisotopic (exact) mass is 410 g/mol. The average molecular weight is 410 g/mol. The van der Waals surface area contributed by atoms with Gasteiger partial charge in [-0.25, -0.2) is 4.98 Å². The number of hydrogen-bond donors (Lipinski definition) is 1.